The van der Waals surface area contributed by atoms with Crippen molar-refractivity contribution in [3.63, 3.8) is 0 Å². The molecule has 0 spiro atoms. The number of fused-ring (bicyclic) bond motifs is 1. The molecule has 25 heavy (non-hydrogen) atoms. The van der Waals surface area contributed by atoms with Crippen molar-refractivity contribution >= 4 is 11.6 Å². The van der Waals surface area contributed by atoms with Crippen LogP contribution in [0.1, 0.15) is 36.3 Å². The van der Waals surface area contributed by atoms with Crippen molar-refractivity contribution < 1.29 is 18.0 Å². The van der Waals surface area contributed by atoms with Gasteiger partial charge in [-0.15, -0.1) is 0 Å². The minimum absolute atomic E-state index is 0.131. The highest BCUT2D eigenvalue weighted by Gasteiger charge is 2.42. The SMILES string of the molecule is O=C(CC(c1ccccc1)C(F)(F)F)N1CCCCc2ccccc21. The van der Waals surface area contributed by atoms with E-state index < -0.39 is 24.4 Å². The van der Waals surface area contributed by atoms with Gasteiger partial charge in [-0.25, -0.2) is 0 Å². The second kappa shape index (κ2) is 7.30. The Kier molecular flexibility index (Phi) is 5.11. The summed E-state index contributed by atoms with van der Waals surface area (Å²) in [5.41, 5.74) is 1.90. The van der Waals surface area contributed by atoms with Crippen LogP contribution in [0.4, 0.5) is 18.9 Å². The van der Waals surface area contributed by atoms with Crippen molar-refractivity contribution in [3.05, 3.63) is 65.7 Å². The maximum Gasteiger partial charge on any atom is 0.396 e. The molecule has 0 aliphatic carbocycles. The fourth-order valence-corrected chi connectivity index (χ4v) is 3.34. The van der Waals surface area contributed by atoms with Gasteiger partial charge in [-0.3, -0.25) is 4.79 Å². The van der Waals surface area contributed by atoms with Gasteiger partial charge in [0, 0.05) is 18.7 Å². The summed E-state index contributed by atoms with van der Waals surface area (Å²) in [4.78, 5) is 14.3. The molecule has 0 radical (unpaired) electrons. The molecular formula is C20H20F3NO. The molecule has 1 aliphatic heterocycles. The predicted octanol–water partition coefficient (Wildman–Crippen LogP) is 5.09. The molecule has 1 heterocycles. The first-order valence-electron chi connectivity index (χ1n) is 8.47. The average molecular weight is 347 g/mol. The molecule has 132 valence electrons. The Balaban J connectivity index is 1.87. The highest BCUT2D eigenvalue weighted by molar-refractivity contribution is 5.94. The van der Waals surface area contributed by atoms with Gasteiger partial charge in [-0.05, 0) is 36.5 Å². The van der Waals surface area contributed by atoms with E-state index in [1.165, 1.54) is 17.0 Å². The molecule has 1 unspecified atom stereocenters. The summed E-state index contributed by atoms with van der Waals surface area (Å²) >= 11 is 0. The highest BCUT2D eigenvalue weighted by atomic mass is 19.4. The van der Waals surface area contributed by atoms with Gasteiger partial charge in [0.05, 0.1) is 5.92 Å². The minimum atomic E-state index is -4.46. The summed E-state index contributed by atoms with van der Waals surface area (Å²) in [5.74, 6) is -2.25. The van der Waals surface area contributed by atoms with Crippen LogP contribution < -0.4 is 4.90 Å². The van der Waals surface area contributed by atoms with Crippen LogP contribution >= 0.6 is 0 Å². The number of carbonyl (C=O) groups is 1. The van der Waals surface area contributed by atoms with Gasteiger partial charge in [0.25, 0.3) is 0 Å². The van der Waals surface area contributed by atoms with Crippen molar-refractivity contribution in [1.82, 2.24) is 0 Å². The van der Waals surface area contributed by atoms with Crippen LogP contribution in [-0.4, -0.2) is 18.6 Å². The Bertz CT molecular complexity index is 727. The number of amides is 1. The van der Waals surface area contributed by atoms with E-state index in [1.54, 1.807) is 18.2 Å². The normalized spacial score (nSPS) is 16.0. The van der Waals surface area contributed by atoms with Gasteiger partial charge in [0.1, 0.15) is 0 Å². The third kappa shape index (κ3) is 4.03. The van der Waals surface area contributed by atoms with Gasteiger partial charge >= 0.3 is 6.18 Å². The van der Waals surface area contributed by atoms with Gasteiger partial charge in [0.15, 0.2) is 0 Å². The van der Waals surface area contributed by atoms with Crippen molar-refractivity contribution in [2.24, 2.45) is 0 Å². The van der Waals surface area contributed by atoms with Crippen molar-refractivity contribution in [3.8, 4) is 0 Å². The molecule has 0 N–H and O–H groups in total. The number of alkyl halides is 3. The monoisotopic (exact) mass is 347 g/mol. The Labute approximate surface area is 145 Å². The highest BCUT2D eigenvalue weighted by Crippen LogP contribution is 2.38. The maximum absolute atomic E-state index is 13.5. The molecule has 1 atom stereocenters. The van der Waals surface area contributed by atoms with E-state index in [9.17, 15) is 18.0 Å². The first-order chi connectivity index (χ1) is 12.0. The number of anilines is 1. The minimum Gasteiger partial charge on any atom is -0.312 e. The number of rotatable bonds is 3. The summed E-state index contributed by atoms with van der Waals surface area (Å²) in [6, 6.07) is 15.2. The molecule has 0 aromatic heterocycles. The number of para-hydroxylation sites is 1. The molecule has 3 rings (SSSR count). The smallest absolute Gasteiger partial charge is 0.312 e. The number of hydrogen-bond acceptors (Lipinski definition) is 1. The molecule has 5 heteroatoms. The van der Waals surface area contributed by atoms with Gasteiger partial charge in [0.2, 0.25) is 5.91 Å². The average Bonchev–Trinajstić information content (AvgIpc) is 2.82. The zero-order valence-corrected chi connectivity index (χ0v) is 13.8. The molecule has 0 fully saturated rings. The Morgan fingerprint density at radius 3 is 2.40 bits per heavy atom. The summed E-state index contributed by atoms with van der Waals surface area (Å²) in [7, 11) is 0. The van der Waals surface area contributed by atoms with Crippen molar-refractivity contribution in [2.45, 2.75) is 37.8 Å². The third-order valence-corrected chi connectivity index (χ3v) is 4.64. The van der Waals surface area contributed by atoms with Crippen LogP contribution in [0.25, 0.3) is 0 Å². The topological polar surface area (TPSA) is 20.3 Å². The van der Waals surface area contributed by atoms with E-state index in [0.717, 1.165) is 30.5 Å². The van der Waals surface area contributed by atoms with Gasteiger partial charge in [-0.1, -0.05) is 48.5 Å². The lowest BCUT2D eigenvalue weighted by Gasteiger charge is -2.26. The first kappa shape index (κ1) is 17.5. The largest absolute Gasteiger partial charge is 0.396 e. The number of aryl methyl sites for hydroxylation is 1. The molecule has 0 bridgehead atoms. The summed E-state index contributed by atoms with van der Waals surface area (Å²) in [6.45, 7) is 0.467. The maximum atomic E-state index is 13.5. The molecule has 0 saturated heterocycles. The molecule has 1 amide bonds. The molecule has 2 nitrogen and oxygen atoms in total. The summed E-state index contributed by atoms with van der Waals surface area (Å²) in [6.07, 6.45) is -2.45. The number of carbonyl (C=O) groups excluding carboxylic acids is 1. The zero-order chi connectivity index (χ0) is 17.9. The molecule has 2 aromatic rings. The van der Waals surface area contributed by atoms with Crippen LogP contribution in [0.2, 0.25) is 0 Å². The van der Waals surface area contributed by atoms with Crippen LogP contribution in [0.15, 0.2) is 54.6 Å². The lowest BCUT2D eigenvalue weighted by atomic mass is 9.94. The molecule has 0 saturated carbocycles. The van der Waals surface area contributed by atoms with Crippen LogP contribution in [-0.2, 0) is 11.2 Å². The lowest BCUT2D eigenvalue weighted by Crippen LogP contribution is -2.35. The fourth-order valence-electron chi connectivity index (χ4n) is 3.34. The van der Waals surface area contributed by atoms with E-state index in [4.69, 9.17) is 0 Å². The molecule has 1 aliphatic rings. The molecular weight excluding hydrogens is 327 g/mol. The number of nitrogens with zero attached hydrogens (tertiary/aromatic N) is 1. The van der Waals surface area contributed by atoms with E-state index >= 15 is 0 Å². The van der Waals surface area contributed by atoms with E-state index in [2.05, 4.69) is 0 Å². The van der Waals surface area contributed by atoms with E-state index in [1.807, 2.05) is 24.3 Å². The fraction of sp³-hybridized carbons (Fsp3) is 0.350. The van der Waals surface area contributed by atoms with Crippen molar-refractivity contribution in [1.29, 1.82) is 0 Å². The number of hydrogen-bond donors (Lipinski definition) is 0. The van der Waals surface area contributed by atoms with Crippen LogP contribution in [0.5, 0.6) is 0 Å². The van der Waals surface area contributed by atoms with Crippen LogP contribution in [0, 0.1) is 0 Å². The second-order valence-electron chi connectivity index (χ2n) is 6.34. The predicted molar refractivity (Wildman–Crippen MR) is 91.6 cm³/mol. The second-order valence-corrected chi connectivity index (χ2v) is 6.34. The zero-order valence-electron chi connectivity index (χ0n) is 13.8. The number of halogens is 3. The van der Waals surface area contributed by atoms with Gasteiger partial charge < -0.3 is 4.90 Å². The number of benzene rings is 2. The Morgan fingerprint density at radius 1 is 1.00 bits per heavy atom. The first-order valence-corrected chi connectivity index (χ1v) is 8.47. The standard InChI is InChI=1S/C20H20F3NO/c21-20(22,23)17(15-8-2-1-3-9-15)14-19(25)24-13-7-6-11-16-10-4-5-12-18(16)24/h1-5,8-10,12,17H,6-7,11,13-14H2. The summed E-state index contributed by atoms with van der Waals surface area (Å²) < 4.78 is 40.6. The van der Waals surface area contributed by atoms with E-state index in [0.29, 0.717) is 6.54 Å². The Hall–Kier alpha value is -2.30. The lowest BCUT2D eigenvalue weighted by molar-refractivity contribution is -0.156. The molecule has 2 aromatic carbocycles. The van der Waals surface area contributed by atoms with E-state index in [-0.39, 0.29) is 5.56 Å². The third-order valence-electron chi connectivity index (χ3n) is 4.64. The van der Waals surface area contributed by atoms with Crippen LogP contribution in [0.3, 0.4) is 0 Å². The Morgan fingerprint density at radius 2 is 1.68 bits per heavy atom. The van der Waals surface area contributed by atoms with Gasteiger partial charge in [-0.2, -0.15) is 13.2 Å². The summed E-state index contributed by atoms with van der Waals surface area (Å²) in [5, 5.41) is 0. The van der Waals surface area contributed by atoms with Crippen molar-refractivity contribution in [2.75, 3.05) is 11.4 Å². The quantitative estimate of drug-likeness (QED) is 0.757.